The van der Waals surface area contributed by atoms with Crippen LogP contribution in [0.4, 0.5) is 18.3 Å². The smallest absolute Gasteiger partial charge is 0.483 e. The molecule has 1 N–H and O–H groups in total. The number of carbonyl (C=O) groups is 1. The van der Waals surface area contributed by atoms with E-state index in [9.17, 15) is 18.0 Å². The van der Waals surface area contributed by atoms with Crippen LogP contribution in [0.3, 0.4) is 0 Å². The highest BCUT2D eigenvalue weighted by molar-refractivity contribution is 7.22. The van der Waals surface area contributed by atoms with Crippen LogP contribution in [0.25, 0.3) is 10.2 Å². The summed E-state index contributed by atoms with van der Waals surface area (Å²) in [6, 6.07) is 9.30. The predicted molar refractivity (Wildman–Crippen MR) is 105 cm³/mol. The van der Waals surface area contributed by atoms with E-state index in [1.54, 1.807) is 6.07 Å². The molecule has 0 aliphatic carbocycles. The largest absolute Gasteiger partial charge is 0.573 e. The monoisotopic (exact) mass is 438 g/mol. The van der Waals surface area contributed by atoms with E-state index in [0.717, 1.165) is 23.3 Å². The van der Waals surface area contributed by atoms with Crippen LogP contribution in [0.15, 0.2) is 36.4 Å². The molecule has 2 heterocycles. The van der Waals surface area contributed by atoms with Crippen LogP contribution in [0, 0.1) is 0 Å². The number of benzene rings is 2. The van der Waals surface area contributed by atoms with Gasteiger partial charge in [0.15, 0.2) is 23.2 Å². The highest BCUT2D eigenvalue weighted by Crippen LogP contribution is 2.41. The minimum atomic E-state index is -4.77. The molecular weight excluding hydrogens is 421 g/mol. The van der Waals surface area contributed by atoms with Crippen LogP contribution in [0.2, 0.25) is 0 Å². The zero-order valence-electron chi connectivity index (χ0n) is 16.0. The van der Waals surface area contributed by atoms with Gasteiger partial charge in [0.25, 0.3) is 5.91 Å². The molecule has 0 spiro atoms. The van der Waals surface area contributed by atoms with Gasteiger partial charge in [0.05, 0.1) is 10.2 Å². The van der Waals surface area contributed by atoms with Gasteiger partial charge in [-0.25, -0.2) is 4.98 Å². The third kappa shape index (κ3) is 4.59. The van der Waals surface area contributed by atoms with Gasteiger partial charge in [0.2, 0.25) is 0 Å². The quantitative estimate of drug-likeness (QED) is 0.612. The fourth-order valence-electron chi connectivity index (χ4n) is 3.16. The third-order valence-corrected chi connectivity index (χ3v) is 5.19. The Balaban J connectivity index is 1.40. The lowest BCUT2D eigenvalue weighted by molar-refractivity contribution is -0.274. The summed E-state index contributed by atoms with van der Waals surface area (Å²) in [5, 5.41) is 2.84. The van der Waals surface area contributed by atoms with Gasteiger partial charge in [-0.15, -0.1) is 13.2 Å². The molecule has 0 saturated carbocycles. The first kappa shape index (κ1) is 20.3. The zero-order chi connectivity index (χ0) is 21.5. The van der Waals surface area contributed by atoms with E-state index in [0.29, 0.717) is 21.7 Å². The predicted octanol–water partition coefficient (Wildman–Crippen LogP) is 4.93. The Morgan fingerprint density at radius 3 is 2.87 bits per heavy atom. The van der Waals surface area contributed by atoms with Crippen LogP contribution in [-0.4, -0.2) is 29.5 Å². The Morgan fingerprint density at radius 2 is 2.10 bits per heavy atom. The van der Waals surface area contributed by atoms with Crippen molar-refractivity contribution >= 4 is 32.6 Å². The molecule has 0 fully saturated rings. The number of carbonyl (C=O) groups excluding carboxylic acids is 1. The fraction of sp³-hybridized carbons (Fsp3) is 0.300. The molecule has 2 aromatic carbocycles. The number of nitrogens with one attached hydrogen (secondary N) is 1. The van der Waals surface area contributed by atoms with E-state index in [2.05, 4.69) is 15.0 Å². The van der Waals surface area contributed by atoms with E-state index >= 15 is 0 Å². The summed E-state index contributed by atoms with van der Waals surface area (Å²) >= 11 is 1.04. The first-order chi connectivity index (χ1) is 14.1. The summed E-state index contributed by atoms with van der Waals surface area (Å²) in [5.74, 6) is 0.315. The van der Waals surface area contributed by atoms with Crippen molar-refractivity contribution in [2.75, 3.05) is 11.9 Å². The fourth-order valence-corrected chi connectivity index (χ4v) is 4.07. The minimum Gasteiger partial charge on any atom is -0.483 e. The second kappa shape index (κ2) is 7.35. The summed E-state index contributed by atoms with van der Waals surface area (Å²) < 4.78 is 52.9. The van der Waals surface area contributed by atoms with E-state index < -0.39 is 12.3 Å². The SMILES string of the molecule is CC1(C)Cc2cccc(OCC(=O)Nc3nc4ccc(OC(F)(F)F)cc4s3)c2O1. The second-order valence-electron chi connectivity index (χ2n) is 7.32. The number of ether oxygens (including phenoxy) is 3. The number of nitrogens with zero attached hydrogens (tertiary/aromatic N) is 1. The van der Waals surface area contributed by atoms with Crippen molar-refractivity contribution < 1.29 is 32.2 Å². The van der Waals surface area contributed by atoms with E-state index in [4.69, 9.17) is 9.47 Å². The van der Waals surface area contributed by atoms with E-state index in [1.807, 2.05) is 26.0 Å². The standard InChI is InChI=1S/C20H17F3N2O4S/c1-19(2)9-11-4-3-5-14(17(11)29-19)27-10-16(26)25-18-24-13-7-6-12(8-15(13)30-18)28-20(21,22)23/h3-8H,9-10H2,1-2H3,(H,24,25,26). The Bertz CT molecular complexity index is 1110. The molecule has 158 valence electrons. The molecule has 0 saturated heterocycles. The first-order valence-corrected chi connectivity index (χ1v) is 9.80. The molecule has 1 amide bonds. The molecule has 1 aliphatic rings. The number of anilines is 1. The number of hydrogen-bond acceptors (Lipinski definition) is 6. The molecule has 0 atom stereocenters. The maximum atomic E-state index is 12.4. The van der Waals surface area contributed by atoms with Gasteiger partial charge in [-0.1, -0.05) is 23.5 Å². The number of alkyl halides is 3. The highest BCUT2D eigenvalue weighted by atomic mass is 32.1. The zero-order valence-corrected chi connectivity index (χ0v) is 16.8. The van der Waals surface area contributed by atoms with Crippen molar-refractivity contribution in [3.05, 3.63) is 42.0 Å². The first-order valence-electron chi connectivity index (χ1n) is 8.98. The number of hydrogen-bond donors (Lipinski definition) is 1. The Kier molecular flexibility index (Phi) is 4.97. The average molecular weight is 438 g/mol. The Morgan fingerprint density at radius 1 is 1.30 bits per heavy atom. The minimum absolute atomic E-state index is 0.249. The van der Waals surface area contributed by atoms with Crippen molar-refractivity contribution in [1.82, 2.24) is 4.98 Å². The van der Waals surface area contributed by atoms with Gasteiger partial charge in [-0.3, -0.25) is 10.1 Å². The van der Waals surface area contributed by atoms with Crippen molar-refractivity contribution in [2.45, 2.75) is 32.2 Å². The van der Waals surface area contributed by atoms with Gasteiger partial charge in [0, 0.05) is 18.1 Å². The molecule has 0 unspecified atom stereocenters. The maximum Gasteiger partial charge on any atom is 0.573 e. The lowest BCUT2D eigenvalue weighted by Gasteiger charge is -2.18. The van der Waals surface area contributed by atoms with Crippen LogP contribution >= 0.6 is 11.3 Å². The number of rotatable bonds is 5. The average Bonchev–Trinajstić information content (AvgIpc) is 3.16. The number of para-hydroxylation sites is 1. The number of aromatic nitrogens is 1. The lowest BCUT2D eigenvalue weighted by atomic mass is 10.0. The van der Waals surface area contributed by atoms with Crippen molar-refractivity contribution in [3.8, 4) is 17.2 Å². The van der Waals surface area contributed by atoms with Crippen LogP contribution in [-0.2, 0) is 11.2 Å². The summed E-state index contributed by atoms with van der Waals surface area (Å²) in [6.45, 7) is 3.68. The van der Waals surface area contributed by atoms with Gasteiger partial charge in [0.1, 0.15) is 11.4 Å². The Labute approximate surface area is 173 Å². The maximum absolute atomic E-state index is 12.4. The molecule has 4 rings (SSSR count). The number of amides is 1. The summed E-state index contributed by atoms with van der Waals surface area (Å²) in [4.78, 5) is 16.5. The molecule has 3 aromatic rings. The van der Waals surface area contributed by atoms with Crippen molar-refractivity contribution in [2.24, 2.45) is 0 Å². The molecule has 0 bridgehead atoms. The number of fused-ring (bicyclic) bond motifs is 2. The van der Waals surface area contributed by atoms with Crippen molar-refractivity contribution in [1.29, 1.82) is 0 Å². The molecule has 10 heteroatoms. The third-order valence-electron chi connectivity index (χ3n) is 4.25. The molecule has 1 aromatic heterocycles. The topological polar surface area (TPSA) is 69.7 Å². The van der Waals surface area contributed by atoms with Crippen LogP contribution in [0.1, 0.15) is 19.4 Å². The summed E-state index contributed by atoms with van der Waals surface area (Å²) in [7, 11) is 0. The van der Waals surface area contributed by atoms with Gasteiger partial charge in [-0.05, 0) is 32.0 Å². The van der Waals surface area contributed by atoms with Crippen LogP contribution < -0.4 is 19.5 Å². The number of thiazole rings is 1. The highest BCUT2D eigenvalue weighted by Gasteiger charge is 2.32. The summed E-state index contributed by atoms with van der Waals surface area (Å²) in [5.41, 5.74) is 1.13. The van der Waals surface area contributed by atoms with E-state index in [1.165, 1.54) is 18.2 Å². The number of halogens is 3. The van der Waals surface area contributed by atoms with Gasteiger partial charge in [-0.2, -0.15) is 0 Å². The van der Waals surface area contributed by atoms with Gasteiger partial charge >= 0.3 is 6.36 Å². The summed E-state index contributed by atoms with van der Waals surface area (Å²) in [6.07, 6.45) is -4.03. The molecule has 30 heavy (non-hydrogen) atoms. The molecule has 0 radical (unpaired) electrons. The molecular formula is C20H17F3N2O4S. The lowest BCUT2D eigenvalue weighted by Crippen LogP contribution is -2.25. The normalized spacial score (nSPS) is 14.8. The van der Waals surface area contributed by atoms with Gasteiger partial charge < -0.3 is 14.2 Å². The Hall–Kier alpha value is -3.01. The van der Waals surface area contributed by atoms with Crippen molar-refractivity contribution in [3.63, 3.8) is 0 Å². The van der Waals surface area contributed by atoms with Crippen LogP contribution in [0.5, 0.6) is 17.2 Å². The second-order valence-corrected chi connectivity index (χ2v) is 8.35. The molecule has 1 aliphatic heterocycles. The molecule has 6 nitrogen and oxygen atoms in total. The van der Waals surface area contributed by atoms with E-state index in [-0.39, 0.29) is 23.1 Å².